The Morgan fingerprint density at radius 1 is 1.41 bits per heavy atom. The quantitative estimate of drug-likeness (QED) is 0.884. The average Bonchev–Trinajstić information content (AvgIpc) is 3.12. The number of hydrogen-bond acceptors (Lipinski definition) is 4. The zero-order valence-electron chi connectivity index (χ0n) is 12.2. The summed E-state index contributed by atoms with van der Waals surface area (Å²) < 4.78 is 0. The van der Waals surface area contributed by atoms with Crippen molar-refractivity contribution in [2.45, 2.75) is 19.9 Å². The van der Waals surface area contributed by atoms with Gasteiger partial charge in [0.05, 0.1) is 5.92 Å². The van der Waals surface area contributed by atoms with E-state index in [1.807, 2.05) is 31.2 Å². The number of amides is 2. The van der Waals surface area contributed by atoms with Crippen molar-refractivity contribution in [1.82, 2.24) is 20.1 Å². The van der Waals surface area contributed by atoms with Crippen molar-refractivity contribution < 1.29 is 9.59 Å². The molecule has 0 aliphatic carbocycles. The first-order valence-electron chi connectivity index (χ1n) is 7.11. The van der Waals surface area contributed by atoms with Crippen LogP contribution in [0.25, 0.3) is 0 Å². The molecule has 0 spiro atoms. The fraction of sp³-hybridized carbons (Fsp3) is 0.333. The fourth-order valence-electron chi connectivity index (χ4n) is 2.50. The van der Waals surface area contributed by atoms with Crippen molar-refractivity contribution in [1.29, 1.82) is 0 Å². The SMILES string of the molecule is Cc1ccc(CN2C[C@H](C(=O)Nc3ncn[nH]3)CC2=O)cc1. The Labute approximate surface area is 127 Å². The van der Waals surface area contributed by atoms with Gasteiger partial charge in [-0.1, -0.05) is 29.8 Å². The molecule has 0 saturated carbocycles. The third-order valence-corrected chi connectivity index (χ3v) is 3.74. The van der Waals surface area contributed by atoms with Crippen LogP contribution in [0.15, 0.2) is 30.6 Å². The molecule has 22 heavy (non-hydrogen) atoms. The molecule has 7 heteroatoms. The van der Waals surface area contributed by atoms with Crippen LogP contribution in [0.3, 0.4) is 0 Å². The molecule has 0 bridgehead atoms. The second-order valence-electron chi connectivity index (χ2n) is 5.48. The summed E-state index contributed by atoms with van der Waals surface area (Å²) in [5.74, 6) is -0.271. The molecule has 1 fully saturated rings. The predicted octanol–water partition coefficient (Wildman–Crippen LogP) is 1.10. The molecule has 1 aliphatic rings. The highest BCUT2D eigenvalue weighted by Crippen LogP contribution is 2.21. The minimum Gasteiger partial charge on any atom is -0.338 e. The number of aromatic nitrogens is 3. The zero-order chi connectivity index (χ0) is 15.5. The fourth-order valence-corrected chi connectivity index (χ4v) is 2.50. The van der Waals surface area contributed by atoms with Gasteiger partial charge in [0.1, 0.15) is 6.33 Å². The van der Waals surface area contributed by atoms with Crippen molar-refractivity contribution >= 4 is 17.8 Å². The first-order valence-corrected chi connectivity index (χ1v) is 7.11. The van der Waals surface area contributed by atoms with Crippen LogP contribution < -0.4 is 5.32 Å². The van der Waals surface area contributed by atoms with E-state index in [1.54, 1.807) is 4.90 Å². The molecule has 2 aromatic rings. The van der Waals surface area contributed by atoms with Crippen LogP contribution in [0.4, 0.5) is 5.95 Å². The summed E-state index contributed by atoms with van der Waals surface area (Å²) in [5, 5.41) is 8.86. The number of carbonyl (C=O) groups excluding carboxylic acids is 2. The number of anilines is 1. The number of aryl methyl sites for hydroxylation is 1. The van der Waals surface area contributed by atoms with E-state index >= 15 is 0 Å². The molecular formula is C15H17N5O2. The molecule has 1 atom stereocenters. The summed E-state index contributed by atoms with van der Waals surface area (Å²) in [5.41, 5.74) is 2.25. The topological polar surface area (TPSA) is 91.0 Å². The standard InChI is InChI=1S/C15H17N5O2/c1-10-2-4-11(5-3-10)7-20-8-12(6-13(20)21)14(22)18-15-16-9-17-19-15/h2-5,9,12H,6-8H2,1H3,(H2,16,17,18,19,22)/t12-/m1/s1. The van der Waals surface area contributed by atoms with Crippen LogP contribution in [0.5, 0.6) is 0 Å². The van der Waals surface area contributed by atoms with Crippen molar-refractivity contribution in [3.8, 4) is 0 Å². The van der Waals surface area contributed by atoms with Gasteiger partial charge in [0.25, 0.3) is 0 Å². The van der Waals surface area contributed by atoms with Gasteiger partial charge in [0.15, 0.2) is 0 Å². The third kappa shape index (κ3) is 3.13. The van der Waals surface area contributed by atoms with E-state index in [2.05, 4.69) is 20.5 Å². The van der Waals surface area contributed by atoms with E-state index in [4.69, 9.17) is 0 Å². The zero-order valence-corrected chi connectivity index (χ0v) is 12.2. The molecule has 0 unspecified atom stereocenters. The average molecular weight is 299 g/mol. The van der Waals surface area contributed by atoms with Crippen LogP contribution in [0, 0.1) is 12.8 Å². The van der Waals surface area contributed by atoms with E-state index in [0.29, 0.717) is 19.0 Å². The number of nitrogens with one attached hydrogen (secondary N) is 2. The molecule has 2 N–H and O–H groups in total. The molecule has 3 rings (SSSR count). The van der Waals surface area contributed by atoms with Gasteiger partial charge in [-0.15, -0.1) is 0 Å². The lowest BCUT2D eigenvalue weighted by Gasteiger charge is -2.16. The van der Waals surface area contributed by atoms with Gasteiger partial charge in [-0.2, -0.15) is 10.1 Å². The van der Waals surface area contributed by atoms with E-state index in [1.165, 1.54) is 11.9 Å². The first-order chi connectivity index (χ1) is 10.6. The van der Waals surface area contributed by atoms with Crippen LogP contribution in [0.1, 0.15) is 17.5 Å². The second-order valence-corrected chi connectivity index (χ2v) is 5.48. The second kappa shape index (κ2) is 5.97. The monoisotopic (exact) mass is 299 g/mol. The van der Waals surface area contributed by atoms with Gasteiger partial charge < -0.3 is 4.90 Å². The van der Waals surface area contributed by atoms with Gasteiger partial charge >= 0.3 is 0 Å². The summed E-state index contributed by atoms with van der Waals surface area (Å²) in [4.78, 5) is 29.8. The van der Waals surface area contributed by atoms with Crippen LogP contribution >= 0.6 is 0 Å². The maximum Gasteiger partial charge on any atom is 0.232 e. The largest absolute Gasteiger partial charge is 0.338 e. The number of likely N-dealkylation sites (tertiary alicyclic amines) is 1. The lowest BCUT2D eigenvalue weighted by atomic mass is 10.1. The Kier molecular flexibility index (Phi) is 3.86. The van der Waals surface area contributed by atoms with Gasteiger partial charge in [0, 0.05) is 19.5 Å². The molecule has 1 aliphatic heterocycles. The Morgan fingerprint density at radius 2 is 2.18 bits per heavy atom. The van der Waals surface area contributed by atoms with Crippen molar-refractivity contribution in [2.24, 2.45) is 5.92 Å². The maximum absolute atomic E-state index is 12.1. The normalized spacial score (nSPS) is 17.8. The summed E-state index contributed by atoms with van der Waals surface area (Å²) in [6.45, 7) is 2.98. The Bertz CT molecular complexity index is 666. The van der Waals surface area contributed by atoms with Gasteiger partial charge in [0.2, 0.25) is 17.8 Å². The lowest BCUT2D eigenvalue weighted by Crippen LogP contribution is -2.28. The van der Waals surface area contributed by atoms with E-state index in [0.717, 1.165) is 5.56 Å². The Balaban J connectivity index is 1.60. The molecule has 2 amide bonds. The number of benzene rings is 1. The number of nitrogens with zero attached hydrogens (tertiary/aromatic N) is 3. The summed E-state index contributed by atoms with van der Waals surface area (Å²) in [6.07, 6.45) is 1.55. The van der Waals surface area contributed by atoms with Gasteiger partial charge in [-0.25, -0.2) is 5.10 Å². The van der Waals surface area contributed by atoms with Crippen molar-refractivity contribution in [3.63, 3.8) is 0 Å². The van der Waals surface area contributed by atoms with E-state index < -0.39 is 0 Å². The predicted molar refractivity (Wildman–Crippen MR) is 79.7 cm³/mol. The molecule has 1 aromatic heterocycles. The number of hydrogen-bond donors (Lipinski definition) is 2. The summed E-state index contributed by atoms with van der Waals surface area (Å²) in [6, 6.07) is 8.04. The molecule has 0 radical (unpaired) electrons. The first kappa shape index (κ1) is 14.2. The molecule has 2 heterocycles. The third-order valence-electron chi connectivity index (χ3n) is 3.74. The highest BCUT2D eigenvalue weighted by molar-refractivity contribution is 5.96. The van der Waals surface area contributed by atoms with E-state index in [-0.39, 0.29) is 24.2 Å². The van der Waals surface area contributed by atoms with Gasteiger partial charge in [-0.05, 0) is 12.5 Å². The molecule has 1 aromatic carbocycles. The lowest BCUT2D eigenvalue weighted by molar-refractivity contribution is -0.128. The summed E-state index contributed by atoms with van der Waals surface area (Å²) >= 11 is 0. The minimum atomic E-state index is -0.358. The van der Waals surface area contributed by atoms with Crippen molar-refractivity contribution in [3.05, 3.63) is 41.7 Å². The highest BCUT2D eigenvalue weighted by Gasteiger charge is 2.34. The number of carbonyl (C=O) groups is 2. The van der Waals surface area contributed by atoms with Crippen LogP contribution in [-0.2, 0) is 16.1 Å². The maximum atomic E-state index is 12.1. The van der Waals surface area contributed by atoms with Crippen LogP contribution in [0.2, 0.25) is 0 Å². The minimum absolute atomic E-state index is 0.00158. The summed E-state index contributed by atoms with van der Waals surface area (Å²) in [7, 11) is 0. The van der Waals surface area contributed by atoms with Crippen LogP contribution in [-0.4, -0.2) is 38.4 Å². The number of rotatable bonds is 4. The number of H-pyrrole nitrogens is 1. The smallest absolute Gasteiger partial charge is 0.232 e. The molecule has 1 saturated heterocycles. The Hall–Kier alpha value is -2.70. The molecule has 114 valence electrons. The highest BCUT2D eigenvalue weighted by atomic mass is 16.2. The number of aromatic amines is 1. The molecule has 7 nitrogen and oxygen atoms in total. The Morgan fingerprint density at radius 3 is 2.86 bits per heavy atom. The molecular weight excluding hydrogens is 282 g/mol. The van der Waals surface area contributed by atoms with Gasteiger partial charge in [-0.3, -0.25) is 14.9 Å². The van der Waals surface area contributed by atoms with Crippen molar-refractivity contribution in [2.75, 3.05) is 11.9 Å². The van der Waals surface area contributed by atoms with E-state index in [9.17, 15) is 9.59 Å².